The molecule has 0 atom stereocenters. The van der Waals surface area contributed by atoms with Crippen LogP contribution in [0.4, 0.5) is 0 Å². The minimum atomic E-state index is -3.52. The third kappa shape index (κ3) is 4.36. The van der Waals surface area contributed by atoms with Crippen LogP contribution in [-0.4, -0.2) is 41.3 Å². The Morgan fingerprint density at radius 2 is 1.77 bits per heavy atom. The Balaban J connectivity index is 1.36. The Labute approximate surface area is 183 Å². The minimum absolute atomic E-state index is 0.0397. The number of hydrogen-bond donors (Lipinski definition) is 1. The number of carbonyl (C=O) groups excluding carboxylic acids is 1. The van der Waals surface area contributed by atoms with Gasteiger partial charge in [0, 0.05) is 25.6 Å². The van der Waals surface area contributed by atoms with Crippen molar-refractivity contribution >= 4 is 27.0 Å². The normalized spacial score (nSPS) is 15.9. The summed E-state index contributed by atoms with van der Waals surface area (Å²) >= 11 is 0. The van der Waals surface area contributed by atoms with E-state index in [1.807, 2.05) is 31.2 Å². The summed E-state index contributed by atoms with van der Waals surface area (Å²) in [7, 11) is -3.52. The number of piperidine rings is 1. The molecule has 31 heavy (non-hydrogen) atoms. The van der Waals surface area contributed by atoms with Crippen LogP contribution in [0, 0.1) is 12.8 Å². The number of aryl methyl sites for hydroxylation is 2. The van der Waals surface area contributed by atoms with E-state index in [-0.39, 0.29) is 11.8 Å². The van der Waals surface area contributed by atoms with Crippen molar-refractivity contribution in [2.45, 2.75) is 44.7 Å². The molecule has 4 rings (SSSR count). The van der Waals surface area contributed by atoms with Gasteiger partial charge >= 0.3 is 0 Å². The molecule has 1 amide bonds. The van der Waals surface area contributed by atoms with Crippen molar-refractivity contribution in [2.24, 2.45) is 5.92 Å². The first kappa shape index (κ1) is 21.5. The SMILES string of the molecule is CCn1c(CNC(=O)C2CCN(S(=O)(=O)c3ccc(C)cc3)CC2)nc2ccccc21. The summed E-state index contributed by atoms with van der Waals surface area (Å²) in [6.07, 6.45) is 1.03. The van der Waals surface area contributed by atoms with E-state index in [9.17, 15) is 13.2 Å². The van der Waals surface area contributed by atoms with Crippen molar-refractivity contribution in [3.05, 3.63) is 59.9 Å². The zero-order valence-corrected chi connectivity index (χ0v) is 18.7. The molecule has 164 valence electrons. The van der Waals surface area contributed by atoms with Crippen molar-refractivity contribution in [3.8, 4) is 0 Å². The van der Waals surface area contributed by atoms with Gasteiger partial charge in [0.15, 0.2) is 0 Å². The lowest BCUT2D eigenvalue weighted by molar-refractivity contribution is -0.126. The fourth-order valence-corrected chi connectivity index (χ4v) is 5.61. The summed E-state index contributed by atoms with van der Waals surface area (Å²) in [4.78, 5) is 17.7. The van der Waals surface area contributed by atoms with Gasteiger partial charge in [-0.2, -0.15) is 4.31 Å². The minimum Gasteiger partial charge on any atom is -0.349 e. The molecule has 0 spiro atoms. The fraction of sp³-hybridized carbons (Fsp3) is 0.391. The number of rotatable bonds is 6. The Hall–Kier alpha value is -2.71. The summed E-state index contributed by atoms with van der Waals surface area (Å²) in [5.41, 5.74) is 3.00. The number of nitrogens with zero attached hydrogens (tertiary/aromatic N) is 3. The fourth-order valence-electron chi connectivity index (χ4n) is 4.14. The lowest BCUT2D eigenvalue weighted by Crippen LogP contribution is -2.43. The maximum atomic E-state index is 12.9. The molecule has 0 aliphatic carbocycles. The first-order valence-corrected chi connectivity index (χ1v) is 12.1. The number of amides is 1. The molecule has 3 aromatic rings. The van der Waals surface area contributed by atoms with E-state index in [0.29, 0.717) is 37.4 Å². The molecule has 2 aromatic carbocycles. The van der Waals surface area contributed by atoms with Crippen molar-refractivity contribution in [1.82, 2.24) is 19.2 Å². The lowest BCUT2D eigenvalue weighted by Gasteiger charge is -2.30. The quantitative estimate of drug-likeness (QED) is 0.638. The van der Waals surface area contributed by atoms with Crippen LogP contribution < -0.4 is 5.32 Å². The zero-order valence-electron chi connectivity index (χ0n) is 17.9. The lowest BCUT2D eigenvalue weighted by atomic mass is 9.97. The van der Waals surface area contributed by atoms with Gasteiger partial charge in [-0.3, -0.25) is 4.79 Å². The van der Waals surface area contributed by atoms with E-state index >= 15 is 0 Å². The van der Waals surface area contributed by atoms with Gasteiger partial charge in [-0.25, -0.2) is 13.4 Å². The Morgan fingerprint density at radius 3 is 2.45 bits per heavy atom. The first-order valence-electron chi connectivity index (χ1n) is 10.7. The van der Waals surface area contributed by atoms with Crippen LogP contribution in [-0.2, 0) is 27.9 Å². The van der Waals surface area contributed by atoms with Crippen LogP contribution in [0.5, 0.6) is 0 Å². The predicted molar refractivity (Wildman–Crippen MR) is 120 cm³/mol. The number of sulfonamides is 1. The second kappa shape index (κ2) is 8.80. The van der Waals surface area contributed by atoms with Gasteiger partial charge in [0.1, 0.15) is 5.82 Å². The van der Waals surface area contributed by atoms with Crippen molar-refractivity contribution in [1.29, 1.82) is 0 Å². The standard InChI is InChI=1S/C23H28N4O3S/c1-3-27-21-7-5-4-6-20(21)25-22(27)16-24-23(28)18-12-14-26(15-13-18)31(29,30)19-10-8-17(2)9-11-19/h4-11,18H,3,12-16H2,1-2H3,(H,24,28). The van der Waals surface area contributed by atoms with Gasteiger partial charge in [0.2, 0.25) is 15.9 Å². The molecule has 1 aliphatic heterocycles. The summed E-state index contributed by atoms with van der Waals surface area (Å²) < 4.78 is 29.3. The van der Waals surface area contributed by atoms with Gasteiger partial charge in [-0.1, -0.05) is 29.8 Å². The number of imidazole rings is 1. The number of hydrogen-bond acceptors (Lipinski definition) is 4. The molecule has 0 saturated carbocycles. The molecule has 1 aromatic heterocycles. The Bertz CT molecular complexity index is 1180. The Kier molecular flexibility index (Phi) is 6.11. The molecule has 0 bridgehead atoms. The van der Waals surface area contributed by atoms with Gasteiger partial charge < -0.3 is 9.88 Å². The van der Waals surface area contributed by atoms with E-state index in [4.69, 9.17) is 0 Å². The predicted octanol–water partition coefficient (Wildman–Crippen LogP) is 3.08. The van der Waals surface area contributed by atoms with Crippen LogP contribution in [0.1, 0.15) is 31.2 Å². The van der Waals surface area contributed by atoms with Crippen LogP contribution in [0.3, 0.4) is 0 Å². The molecule has 1 fully saturated rings. The molecule has 0 unspecified atom stereocenters. The molecule has 8 heteroatoms. The number of para-hydroxylation sites is 2. The molecule has 2 heterocycles. The first-order chi connectivity index (χ1) is 14.9. The van der Waals surface area contributed by atoms with Crippen molar-refractivity contribution in [2.75, 3.05) is 13.1 Å². The molecule has 1 aliphatic rings. The largest absolute Gasteiger partial charge is 0.349 e. The third-order valence-corrected chi connectivity index (χ3v) is 7.87. The van der Waals surface area contributed by atoms with E-state index in [2.05, 4.69) is 21.8 Å². The second-order valence-electron chi connectivity index (χ2n) is 7.97. The number of fused-ring (bicyclic) bond motifs is 1. The maximum absolute atomic E-state index is 12.9. The molecule has 1 N–H and O–H groups in total. The number of aromatic nitrogens is 2. The van der Waals surface area contributed by atoms with Gasteiger partial charge in [0.05, 0.1) is 22.5 Å². The Morgan fingerprint density at radius 1 is 1.10 bits per heavy atom. The van der Waals surface area contributed by atoms with E-state index in [0.717, 1.165) is 29.0 Å². The monoisotopic (exact) mass is 440 g/mol. The average Bonchev–Trinajstić information content (AvgIpc) is 3.15. The average molecular weight is 441 g/mol. The number of benzene rings is 2. The highest BCUT2D eigenvalue weighted by molar-refractivity contribution is 7.89. The molecular weight excluding hydrogens is 412 g/mol. The molecule has 1 saturated heterocycles. The number of nitrogens with one attached hydrogen (secondary N) is 1. The van der Waals surface area contributed by atoms with Crippen LogP contribution in [0.15, 0.2) is 53.4 Å². The van der Waals surface area contributed by atoms with Gasteiger partial charge in [0.25, 0.3) is 0 Å². The van der Waals surface area contributed by atoms with Crippen LogP contribution in [0.25, 0.3) is 11.0 Å². The van der Waals surface area contributed by atoms with Gasteiger partial charge in [-0.15, -0.1) is 0 Å². The second-order valence-corrected chi connectivity index (χ2v) is 9.91. The zero-order chi connectivity index (χ0) is 22.0. The van der Waals surface area contributed by atoms with Crippen molar-refractivity contribution in [3.63, 3.8) is 0 Å². The summed E-state index contributed by atoms with van der Waals surface area (Å²) in [5, 5.41) is 3.01. The summed E-state index contributed by atoms with van der Waals surface area (Å²) in [5.74, 6) is 0.599. The van der Waals surface area contributed by atoms with E-state index in [1.54, 1.807) is 24.3 Å². The number of carbonyl (C=O) groups is 1. The molecule has 0 radical (unpaired) electrons. The van der Waals surface area contributed by atoms with Crippen LogP contribution >= 0.6 is 0 Å². The van der Waals surface area contributed by atoms with E-state index < -0.39 is 10.0 Å². The van der Waals surface area contributed by atoms with Gasteiger partial charge in [-0.05, 0) is 51.0 Å². The summed E-state index contributed by atoms with van der Waals surface area (Å²) in [6.45, 7) is 5.83. The summed E-state index contributed by atoms with van der Waals surface area (Å²) in [6, 6.07) is 14.8. The highest BCUT2D eigenvalue weighted by atomic mass is 32.2. The smallest absolute Gasteiger partial charge is 0.243 e. The van der Waals surface area contributed by atoms with Crippen LogP contribution in [0.2, 0.25) is 0 Å². The topological polar surface area (TPSA) is 84.3 Å². The maximum Gasteiger partial charge on any atom is 0.243 e. The third-order valence-electron chi connectivity index (χ3n) is 5.95. The van der Waals surface area contributed by atoms with E-state index in [1.165, 1.54) is 4.31 Å². The highest BCUT2D eigenvalue weighted by Gasteiger charge is 2.32. The molecule has 7 nitrogen and oxygen atoms in total. The molecular formula is C23H28N4O3S. The highest BCUT2D eigenvalue weighted by Crippen LogP contribution is 2.24. The van der Waals surface area contributed by atoms with Crippen molar-refractivity contribution < 1.29 is 13.2 Å².